The number of hydrogen-bond acceptors (Lipinski definition) is 3. The molecule has 0 saturated carbocycles. The first kappa shape index (κ1) is 9.66. The van der Waals surface area contributed by atoms with E-state index in [0.717, 1.165) is 12.7 Å². The van der Waals surface area contributed by atoms with Gasteiger partial charge in [-0.25, -0.2) is 9.59 Å². The van der Waals surface area contributed by atoms with E-state index >= 15 is 0 Å². The van der Waals surface area contributed by atoms with Gasteiger partial charge >= 0.3 is 5.97 Å². The molecular weight excluding hydrogens is 144 g/mol. The number of carbonyl (C=O) groups excluding carboxylic acids is 2. The van der Waals surface area contributed by atoms with Gasteiger partial charge in [-0.15, -0.1) is 0 Å². The second kappa shape index (κ2) is 5.45. The minimum Gasteiger partial charge on any atom is -0.431 e. The first-order chi connectivity index (χ1) is 5.26. The summed E-state index contributed by atoms with van der Waals surface area (Å²) in [5, 5.41) is 0. The third kappa shape index (κ3) is 3.38. The van der Waals surface area contributed by atoms with Gasteiger partial charge in [0.05, 0.1) is 6.26 Å². The zero-order valence-corrected chi connectivity index (χ0v) is 6.42. The normalized spacial score (nSPS) is 8.09. The molecule has 0 aliphatic rings. The highest BCUT2D eigenvalue weighted by molar-refractivity contribution is 5.96. The number of ether oxygens (including phenoxy) is 1. The third-order valence-electron chi connectivity index (χ3n) is 1.06. The highest BCUT2D eigenvalue weighted by atomic mass is 16.5. The molecule has 0 aliphatic heterocycles. The Morgan fingerprint density at radius 1 is 1.73 bits per heavy atom. The van der Waals surface area contributed by atoms with Gasteiger partial charge in [-0.05, 0) is 6.42 Å². The van der Waals surface area contributed by atoms with E-state index in [1.54, 1.807) is 0 Å². The summed E-state index contributed by atoms with van der Waals surface area (Å²) < 4.78 is 4.37. The van der Waals surface area contributed by atoms with Crippen molar-refractivity contribution in [1.29, 1.82) is 0 Å². The van der Waals surface area contributed by atoms with Gasteiger partial charge in [0, 0.05) is 0 Å². The van der Waals surface area contributed by atoms with Crippen molar-refractivity contribution in [3.63, 3.8) is 0 Å². The van der Waals surface area contributed by atoms with Gasteiger partial charge in [-0.3, -0.25) is 0 Å². The number of rotatable bonds is 4. The third-order valence-corrected chi connectivity index (χ3v) is 1.06. The fraction of sp³-hybridized carbons (Fsp3) is 0.375. The standard InChI is InChI=1S/C8H10O3/c1-3-5-7(6-9)8(10)11-4-2/h4H,2-3,5H2,1H3. The van der Waals surface area contributed by atoms with Gasteiger partial charge in [0.15, 0.2) is 0 Å². The quantitative estimate of drug-likeness (QED) is 0.265. The van der Waals surface area contributed by atoms with Crippen LogP contribution in [-0.2, 0) is 14.3 Å². The summed E-state index contributed by atoms with van der Waals surface area (Å²) in [4.78, 5) is 20.9. The molecule has 3 nitrogen and oxygen atoms in total. The fourth-order valence-electron chi connectivity index (χ4n) is 0.592. The molecule has 0 unspecified atom stereocenters. The molecule has 0 aromatic heterocycles. The lowest BCUT2D eigenvalue weighted by atomic mass is 10.2. The minimum atomic E-state index is -0.656. The van der Waals surface area contributed by atoms with Crippen LogP contribution < -0.4 is 0 Å². The van der Waals surface area contributed by atoms with Crippen molar-refractivity contribution in [2.45, 2.75) is 19.8 Å². The van der Waals surface area contributed by atoms with Crippen LogP contribution in [0.25, 0.3) is 0 Å². The summed E-state index contributed by atoms with van der Waals surface area (Å²) in [5.74, 6) is 0.876. The molecule has 0 aromatic carbocycles. The van der Waals surface area contributed by atoms with Crippen LogP contribution in [0, 0.1) is 0 Å². The second-order valence-corrected chi connectivity index (χ2v) is 1.90. The average molecular weight is 154 g/mol. The van der Waals surface area contributed by atoms with E-state index < -0.39 is 5.97 Å². The lowest BCUT2D eigenvalue weighted by Crippen LogP contribution is -2.04. The van der Waals surface area contributed by atoms with Crippen LogP contribution in [0.5, 0.6) is 0 Å². The largest absolute Gasteiger partial charge is 0.431 e. The number of carbonyl (C=O) groups is 1. The van der Waals surface area contributed by atoms with Crippen molar-refractivity contribution in [2.24, 2.45) is 0 Å². The van der Waals surface area contributed by atoms with Gasteiger partial charge in [0.1, 0.15) is 11.5 Å². The smallest absolute Gasteiger partial charge is 0.350 e. The molecule has 0 aliphatic carbocycles. The van der Waals surface area contributed by atoms with Gasteiger partial charge in [-0.2, -0.15) is 0 Å². The van der Waals surface area contributed by atoms with Crippen molar-refractivity contribution in [3.05, 3.63) is 18.4 Å². The molecule has 0 amide bonds. The van der Waals surface area contributed by atoms with Crippen LogP contribution in [0.4, 0.5) is 0 Å². The Morgan fingerprint density at radius 2 is 2.36 bits per heavy atom. The lowest BCUT2D eigenvalue weighted by Gasteiger charge is -1.96. The zero-order chi connectivity index (χ0) is 8.69. The molecule has 3 heteroatoms. The molecule has 0 spiro atoms. The molecule has 0 saturated heterocycles. The zero-order valence-electron chi connectivity index (χ0n) is 6.42. The van der Waals surface area contributed by atoms with Crippen molar-refractivity contribution in [1.82, 2.24) is 0 Å². The summed E-state index contributed by atoms with van der Waals surface area (Å²) in [7, 11) is 0. The molecule has 0 N–H and O–H groups in total. The fourth-order valence-corrected chi connectivity index (χ4v) is 0.592. The van der Waals surface area contributed by atoms with Crippen LogP contribution in [0.2, 0.25) is 0 Å². The molecule has 0 aromatic rings. The van der Waals surface area contributed by atoms with E-state index in [9.17, 15) is 9.59 Å². The molecule has 60 valence electrons. The Labute approximate surface area is 65.4 Å². The first-order valence-electron chi connectivity index (χ1n) is 3.32. The molecule has 0 atom stereocenters. The molecule has 0 heterocycles. The molecule has 0 rings (SSSR count). The van der Waals surface area contributed by atoms with E-state index in [-0.39, 0.29) is 5.57 Å². The SMILES string of the molecule is C=COC(=O)C(=C=O)CCC. The summed E-state index contributed by atoms with van der Waals surface area (Å²) >= 11 is 0. The van der Waals surface area contributed by atoms with Crippen molar-refractivity contribution < 1.29 is 14.3 Å². The highest BCUT2D eigenvalue weighted by Crippen LogP contribution is 2.02. The number of esters is 1. The molecule has 0 radical (unpaired) electrons. The van der Waals surface area contributed by atoms with Gasteiger partial charge < -0.3 is 4.74 Å². The van der Waals surface area contributed by atoms with Crippen LogP contribution in [0.15, 0.2) is 18.4 Å². The predicted octanol–water partition coefficient (Wildman–Crippen LogP) is 1.23. The number of hydrogen-bond donors (Lipinski definition) is 0. The maximum atomic E-state index is 10.8. The van der Waals surface area contributed by atoms with Crippen LogP contribution in [0.3, 0.4) is 0 Å². The Kier molecular flexibility index (Phi) is 4.78. The summed E-state index contributed by atoms with van der Waals surface area (Å²) in [6.07, 6.45) is 2.11. The maximum Gasteiger partial charge on any atom is 0.350 e. The summed E-state index contributed by atoms with van der Waals surface area (Å²) in [5.41, 5.74) is 0.0346. The predicted molar refractivity (Wildman–Crippen MR) is 40.4 cm³/mol. The summed E-state index contributed by atoms with van der Waals surface area (Å²) in [6.45, 7) is 5.05. The Morgan fingerprint density at radius 3 is 2.73 bits per heavy atom. The Bertz CT molecular complexity index is 199. The van der Waals surface area contributed by atoms with Crippen molar-refractivity contribution in [2.75, 3.05) is 0 Å². The first-order valence-corrected chi connectivity index (χ1v) is 3.32. The lowest BCUT2D eigenvalue weighted by molar-refractivity contribution is -0.133. The molecule has 0 fully saturated rings. The van der Waals surface area contributed by atoms with Gasteiger partial charge in [-0.1, -0.05) is 19.9 Å². The summed E-state index contributed by atoms with van der Waals surface area (Å²) in [6, 6.07) is 0. The molecular formula is C8H10O3. The van der Waals surface area contributed by atoms with E-state index in [0.29, 0.717) is 6.42 Å². The van der Waals surface area contributed by atoms with Crippen molar-refractivity contribution >= 4 is 11.9 Å². The van der Waals surface area contributed by atoms with E-state index in [2.05, 4.69) is 11.3 Å². The van der Waals surface area contributed by atoms with Crippen LogP contribution in [-0.4, -0.2) is 11.9 Å². The monoisotopic (exact) mass is 154 g/mol. The van der Waals surface area contributed by atoms with E-state index in [1.807, 2.05) is 6.92 Å². The van der Waals surface area contributed by atoms with Gasteiger partial charge in [0.2, 0.25) is 0 Å². The average Bonchev–Trinajstić information content (AvgIpc) is 2.00. The van der Waals surface area contributed by atoms with Crippen LogP contribution >= 0.6 is 0 Å². The van der Waals surface area contributed by atoms with E-state index in [4.69, 9.17) is 0 Å². The van der Waals surface area contributed by atoms with Gasteiger partial charge in [0.25, 0.3) is 0 Å². The Balaban J connectivity index is 4.15. The molecule has 0 bridgehead atoms. The molecule has 11 heavy (non-hydrogen) atoms. The highest BCUT2D eigenvalue weighted by Gasteiger charge is 2.08. The maximum absolute atomic E-state index is 10.8. The van der Waals surface area contributed by atoms with E-state index in [1.165, 1.54) is 5.94 Å². The second-order valence-electron chi connectivity index (χ2n) is 1.90. The van der Waals surface area contributed by atoms with Crippen molar-refractivity contribution in [3.8, 4) is 0 Å². The topological polar surface area (TPSA) is 43.4 Å². The van der Waals surface area contributed by atoms with Crippen LogP contribution in [0.1, 0.15) is 19.8 Å². The Hall–Kier alpha value is -1.34. The minimum absolute atomic E-state index is 0.0346.